The van der Waals surface area contributed by atoms with E-state index < -0.39 is 0 Å². The monoisotopic (exact) mass is 397 g/mol. The highest BCUT2D eigenvalue weighted by molar-refractivity contribution is 5.95. The van der Waals surface area contributed by atoms with Crippen molar-refractivity contribution in [3.63, 3.8) is 0 Å². The number of aromatic nitrogens is 3. The van der Waals surface area contributed by atoms with E-state index in [9.17, 15) is 4.79 Å². The first-order chi connectivity index (χ1) is 14.2. The molecule has 0 bridgehead atoms. The SMILES string of the molecule is CN1CCc2nnc(C3CCCN(C(=O)c4ccc5c(c4)OCCO5)C3)n2CC1. The fourth-order valence-electron chi connectivity index (χ4n) is 4.48. The van der Waals surface area contributed by atoms with E-state index in [4.69, 9.17) is 9.47 Å². The molecule has 1 aromatic heterocycles. The average molecular weight is 397 g/mol. The molecule has 0 spiro atoms. The first-order valence-electron chi connectivity index (χ1n) is 10.5. The number of likely N-dealkylation sites (N-methyl/N-ethyl adjacent to an activating group) is 1. The molecule has 1 fully saturated rings. The molecule has 1 saturated heterocycles. The van der Waals surface area contributed by atoms with Crippen molar-refractivity contribution in [2.75, 3.05) is 46.4 Å². The second-order valence-corrected chi connectivity index (χ2v) is 8.13. The Morgan fingerprint density at radius 1 is 1.07 bits per heavy atom. The average Bonchev–Trinajstić information content (AvgIpc) is 3.09. The summed E-state index contributed by atoms with van der Waals surface area (Å²) in [7, 11) is 2.15. The Labute approximate surface area is 170 Å². The molecule has 0 radical (unpaired) electrons. The maximum atomic E-state index is 13.2. The van der Waals surface area contributed by atoms with Gasteiger partial charge in [-0.2, -0.15) is 0 Å². The zero-order chi connectivity index (χ0) is 19.8. The molecule has 4 heterocycles. The molecule has 1 unspecified atom stereocenters. The van der Waals surface area contributed by atoms with Crippen LogP contribution in [0.2, 0.25) is 0 Å². The smallest absolute Gasteiger partial charge is 0.254 e. The van der Waals surface area contributed by atoms with Crippen LogP contribution in [0.1, 0.15) is 40.8 Å². The van der Waals surface area contributed by atoms with Gasteiger partial charge in [0.1, 0.15) is 24.9 Å². The first kappa shape index (κ1) is 18.4. The summed E-state index contributed by atoms with van der Waals surface area (Å²) in [5, 5.41) is 8.99. The van der Waals surface area contributed by atoms with Crippen LogP contribution < -0.4 is 9.47 Å². The number of nitrogens with zero attached hydrogens (tertiary/aromatic N) is 5. The van der Waals surface area contributed by atoms with Crippen molar-refractivity contribution in [3.8, 4) is 11.5 Å². The van der Waals surface area contributed by atoms with E-state index >= 15 is 0 Å². The summed E-state index contributed by atoms with van der Waals surface area (Å²) < 4.78 is 13.5. The number of fused-ring (bicyclic) bond motifs is 2. The molecule has 1 amide bonds. The number of carbonyl (C=O) groups excluding carboxylic acids is 1. The lowest BCUT2D eigenvalue weighted by molar-refractivity contribution is 0.0702. The third-order valence-corrected chi connectivity index (χ3v) is 6.14. The molecule has 3 aliphatic rings. The lowest BCUT2D eigenvalue weighted by Crippen LogP contribution is -2.40. The zero-order valence-electron chi connectivity index (χ0n) is 16.8. The number of carbonyl (C=O) groups is 1. The van der Waals surface area contributed by atoms with E-state index in [1.165, 1.54) is 0 Å². The molecule has 3 aliphatic heterocycles. The van der Waals surface area contributed by atoms with Gasteiger partial charge in [-0.1, -0.05) is 0 Å². The normalized spacial score (nSPS) is 22.1. The molecular formula is C21H27N5O3. The molecule has 8 heteroatoms. The Bertz CT molecular complexity index is 912. The van der Waals surface area contributed by atoms with Crippen LogP contribution in [0, 0.1) is 0 Å². The summed E-state index contributed by atoms with van der Waals surface area (Å²) in [5.74, 6) is 3.74. The van der Waals surface area contributed by atoms with Crippen LogP contribution >= 0.6 is 0 Å². The minimum absolute atomic E-state index is 0.0435. The lowest BCUT2D eigenvalue weighted by atomic mass is 9.96. The summed E-state index contributed by atoms with van der Waals surface area (Å²) in [6.07, 6.45) is 2.94. The van der Waals surface area contributed by atoms with Crippen LogP contribution in [0.3, 0.4) is 0 Å². The minimum atomic E-state index is 0.0435. The van der Waals surface area contributed by atoms with Crippen LogP contribution in [-0.2, 0) is 13.0 Å². The van der Waals surface area contributed by atoms with Gasteiger partial charge in [-0.05, 0) is 38.1 Å². The van der Waals surface area contributed by atoms with Crippen molar-refractivity contribution in [1.29, 1.82) is 0 Å². The number of piperidine rings is 1. The van der Waals surface area contributed by atoms with E-state index in [1.54, 1.807) is 6.07 Å². The topological polar surface area (TPSA) is 72.7 Å². The standard InChI is InChI=1S/C21H27N5O3/c1-24-8-6-19-22-23-20(26(19)10-9-24)16-3-2-7-25(14-16)21(27)15-4-5-17-18(13-15)29-12-11-28-17/h4-5,13,16H,2-3,6-12,14H2,1H3. The Kier molecular flexibility index (Phi) is 4.87. The van der Waals surface area contributed by atoms with Crippen molar-refractivity contribution in [3.05, 3.63) is 35.4 Å². The summed E-state index contributed by atoms with van der Waals surface area (Å²) >= 11 is 0. The van der Waals surface area contributed by atoms with Gasteiger partial charge in [0.2, 0.25) is 0 Å². The van der Waals surface area contributed by atoms with E-state index in [-0.39, 0.29) is 11.8 Å². The van der Waals surface area contributed by atoms with Crippen molar-refractivity contribution >= 4 is 5.91 Å². The van der Waals surface area contributed by atoms with E-state index in [1.807, 2.05) is 17.0 Å². The minimum Gasteiger partial charge on any atom is -0.486 e. The molecule has 29 heavy (non-hydrogen) atoms. The quantitative estimate of drug-likeness (QED) is 0.766. The number of amides is 1. The second-order valence-electron chi connectivity index (χ2n) is 8.13. The van der Waals surface area contributed by atoms with Crippen LogP contribution in [0.25, 0.3) is 0 Å². The molecule has 1 aromatic carbocycles. The Balaban J connectivity index is 1.34. The van der Waals surface area contributed by atoms with Crippen molar-refractivity contribution in [1.82, 2.24) is 24.6 Å². The van der Waals surface area contributed by atoms with E-state index in [2.05, 4.69) is 26.7 Å². The highest BCUT2D eigenvalue weighted by Gasteiger charge is 2.30. The van der Waals surface area contributed by atoms with Crippen LogP contribution in [-0.4, -0.2) is 76.9 Å². The molecule has 2 aromatic rings. The Morgan fingerprint density at radius 2 is 1.93 bits per heavy atom. The first-order valence-corrected chi connectivity index (χ1v) is 10.5. The van der Waals surface area contributed by atoms with Crippen molar-refractivity contribution in [2.45, 2.75) is 31.7 Å². The molecule has 154 valence electrons. The number of rotatable bonds is 2. The van der Waals surface area contributed by atoms with Gasteiger partial charge < -0.3 is 23.8 Å². The summed E-state index contributed by atoms with van der Waals surface area (Å²) in [4.78, 5) is 17.4. The van der Waals surface area contributed by atoms with Gasteiger partial charge in [-0.3, -0.25) is 4.79 Å². The van der Waals surface area contributed by atoms with Gasteiger partial charge in [-0.15, -0.1) is 10.2 Å². The Hall–Kier alpha value is -2.61. The lowest BCUT2D eigenvalue weighted by Gasteiger charge is -2.32. The van der Waals surface area contributed by atoms with Gasteiger partial charge in [0.15, 0.2) is 11.5 Å². The van der Waals surface area contributed by atoms with Crippen LogP contribution in [0.15, 0.2) is 18.2 Å². The number of ether oxygens (including phenoxy) is 2. The molecule has 0 N–H and O–H groups in total. The molecular weight excluding hydrogens is 370 g/mol. The van der Waals surface area contributed by atoms with Crippen molar-refractivity contribution < 1.29 is 14.3 Å². The maximum Gasteiger partial charge on any atom is 0.254 e. The highest BCUT2D eigenvalue weighted by Crippen LogP contribution is 2.32. The van der Waals surface area contributed by atoms with Crippen molar-refractivity contribution in [2.24, 2.45) is 0 Å². The third kappa shape index (κ3) is 3.57. The van der Waals surface area contributed by atoms with E-state index in [0.29, 0.717) is 36.8 Å². The number of likely N-dealkylation sites (tertiary alicyclic amines) is 1. The summed E-state index contributed by atoms with van der Waals surface area (Å²) in [6, 6.07) is 5.47. The second kappa shape index (κ2) is 7.67. The fourth-order valence-corrected chi connectivity index (χ4v) is 4.48. The molecule has 0 saturated carbocycles. The third-order valence-electron chi connectivity index (χ3n) is 6.14. The highest BCUT2D eigenvalue weighted by atomic mass is 16.6. The van der Waals surface area contributed by atoms with Gasteiger partial charge in [0.05, 0.1) is 0 Å². The largest absolute Gasteiger partial charge is 0.486 e. The number of benzene rings is 1. The van der Waals surface area contributed by atoms with E-state index in [0.717, 1.165) is 57.1 Å². The van der Waals surface area contributed by atoms with Crippen LogP contribution in [0.4, 0.5) is 0 Å². The zero-order valence-corrected chi connectivity index (χ0v) is 16.8. The van der Waals surface area contributed by atoms with Gasteiger partial charge in [0.25, 0.3) is 5.91 Å². The molecule has 1 atom stereocenters. The number of hydrogen-bond acceptors (Lipinski definition) is 6. The predicted molar refractivity (Wildman–Crippen MR) is 107 cm³/mol. The Morgan fingerprint density at radius 3 is 2.83 bits per heavy atom. The summed E-state index contributed by atoms with van der Waals surface area (Å²) in [6.45, 7) is 5.45. The molecule has 0 aliphatic carbocycles. The molecule has 8 nitrogen and oxygen atoms in total. The fraction of sp³-hybridized carbons (Fsp3) is 0.571. The number of hydrogen-bond donors (Lipinski definition) is 0. The molecule has 5 rings (SSSR count). The van der Waals surface area contributed by atoms with Crippen LogP contribution in [0.5, 0.6) is 11.5 Å². The van der Waals surface area contributed by atoms with Gasteiger partial charge in [0, 0.05) is 50.6 Å². The van der Waals surface area contributed by atoms with Gasteiger partial charge >= 0.3 is 0 Å². The summed E-state index contributed by atoms with van der Waals surface area (Å²) in [5.41, 5.74) is 0.650. The maximum absolute atomic E-state index is 13.2. The van der Waals surface area contributed by atoms with Gasteiger partial charge in [-0.25, -0.2) is 0 Å². The predicted octanol–water partition coefficient (Wildman–Crippen LogP) is 1.56.